The first-order valence-electron chi connectivity index (χ1n) is 43.2. The molecule has 13 atom stereocenters. The van der Waals surface area contributed by atoms with Gasteiger partial charge in [0.15, 0.2) is 0 Å². The molecular weight excluding hydrogens is 1570 g/mol. The van der Waals surface area contributed by atoms with Crippen LogP contribution in [-0.4, -0.2) is 187 Å². The third-order valence-corrected chi connectivity index (χ3v) is 26.4. The van der Waals surface area contributed by atoms with E-state index in [2.05, 4.69) is 156 Å². The number of piperidine rings is 2. The number of aromatic nitrogens is 6. The third kappa shape index (κ3) is 16.7. The largest absolute Gasteiger partial charge is 0.488 e. The number of imidazole rings is 3. The number of nitrogens with one attached hydrogen (secondary N) is 7. The molecule has 4 saturated heterocycles. The number of rotatable bonds is 21. The van der Waals surface area contributed by atoms with Gasteiger partial charge in [0.2, 0.25) is 23.6 Å². The number of likely N-dealkylation sites (tertiary alicyclic amines) is 4. The van der Waals surface area contributed by atoms with Crippen molar-refractivity contribution in [3.63, 3.8) is 0 Å². The van der Waals surface area contributed by atoms with Gasteiger partial charge in [-0.1, -0.05) is 134 Å². The Bertz CT molecular complexity index is 5660. The lowest BCUT2D eigenvalue weighted by atomic mass is 9.90. The Kier molecular flexibility index (Phi) is 24.3. The Hall–Kier alpha value is -12.9. The van der Waals surface area contributed by atoms with Crippen LogP contribution in [0.15, 0.2) is 139 Å². The minimum atomic E-state index is -0.809. The molecule has 17 rings (SSSR count). The number of benzene rings is 6. The summed E-state index contributed by atoms with van der Waals surface area (Å²) in [5, 5.41) is 22.8. The molecule has 6 fully saturated rings. The number of ether oxygens (including phenoxy) is 5. The van der Waals surface area contributed by atoms with Gasteiger partial charge in [-0.3, -0.25) is 24.2 Å². The second-order valence-electron chi connectivity index (χ2n) is 35.4. The molecule has 7 N–H and O–H groups in total. The summed E-state index contributed by atoms with van der Waals surface area (Å²) >= 11 is 0. The number of aromatic amines is 3. The van der Waals surface area contributed by atoms with E-state index in [0.29, 0.717) is 43.7 Å². The zero-order chi connectivity index (χ0) is 87.2. The molecule has 8 aliphatic rings. The molecule has 3 aromatic heterocycles. The molecule has 0 unspecified atom stereocenters. The normalized spacial score (nSPS) is 21.7. The first-order chi connectivity index (χ1) is 59.8. The number of methoxy groups -OCH3 is 4. The number of hydrogen-bond acceptors (Lipinski definition) is 18. The zero-order valence-electron chi connectivity index (χ0n) is 72.0. The highest BCUT2D eigenvalue weighted by molar-refractivity contribution is 6.02. The first kappa shape index (κ1) is 84.7. The number of fused-ring (bicyclic) bond motifs is 9. The van der Waals surface area contributed by atoms with Crippen LogP contribution in [0.1, 0.15) is 160 Å². The summed E-state index contributed by atoms with van der Waals surface area (Å²) in [4.78, 5) is 141. The maximum atomic E-state index is 14.1. The van der Waals surface area contributed by atoms with E-state index in [0.717, 1.165) is 169 Å². The van der Waals surface area contributed by atoms with Gasteiger partial charge in [0.1, 0.15) is 54.0 Å². The SMILES string of the molecule is COC(=O)N[C@H](C(=O)N1CCC[C@H]1c1ncc(-c2ccc3c(c2)COc2cc(-c4ccc5c(c4)CC([C@@H]4[C@H]6CC[C@H](C6)N4C(=O)[C@@H](NC(=O)OC)C(C)C)=N5)ccc2-3)[nH]1)C(C)C.COC(=O)N[C@H](C(=O)N1C[C@@H](C#N)C[C@H]1c1ncc(-c2ccc3cc(-c4ccc(-c5cnc([C@@H]6[C@H]7CC[C@H](C7)N6C(=O)[C@@H](NC(=O)OC)C(C)C)[nH]5)cc4)ccc3c2)[nH]1)C(C)C. The summed E-state index contributed by atoms with van der Waals surface area (Å²) in [6, 6.07) is 38.9. The number of carbonyl (C=O) groups is 8. The van der Waals surface area contributed by atoms with E-state index < -0.39 is 54.6 Å². The number of H-pyrrole nitrogens is 3. The van der Waals surface area contributed by atoms with E-state index in [1.54, 1.807) is 11.1 Å². The molecule has 29 heteroatoms. The van der Waals surface area contributed by atoms with Gasteiger partial charge >= 0.3 is 24.4 Å². The summed E-state index contributed by atoms with van der Waals surface area (Å²) in [6.07, 6.45) is 11.5. The highest BCUT2D eigenvalue weighted by Gasteiger charge is 2.54. The van der Waals surface area contributed by atoms with Crippen LogP contribution in [0.5, 0.6) is 5.75 Å². The van der Waals surface area contributed by atoms with E-state index in [9.17, 15) is 43.6 Å². The molecule has 0 spiro atoms. The molecule has 8 amide bonds. The molecular formula is C95H108N16O13. The molecule has 4 bridgehead atoms. The third-order valence-electron chi connectivity index (χ3n) is 26.4. The van der Waals surface area contributed by atoms with Crippen LogP contribution in [0.25, 0.3) is 77.9 Å². The average molecular weight is 1680 g/mol. The highest BCUT2D eigenvalue weighted by atomic mass is 16.6. The number of hydrogen-bond donors (Lipinski definition) is 7. The van der Waals surface area contributed by atoms with Crippen LogP contribution in [0, 0.1) is 52.8 Å². The topological polar surface area (TPSA) is 366 Å². The van der Waals surface area contributed by atoms with Gasteiger partial charge in [-0.25, -0.2) is 34.1 Å². The van der Waals surface area contributed by atoms with Crippen molar-refractivity contribution in [2.24, 2.45) is 46.4 Å². The highest BCUT2D eigenvalue weighted by Crippen LogP contribution is 2.52. The molecule has 9 aromatic rings. The van der Waals surface area contributed by atoms with Gasteiger partial charge < -0.3 is 79.5 Å². The molecule has 9 heterocycles. The van der Waals surface area contributed by atoms with Crippen LogP contribution >= 0.6 is 0 Å². The number of alkyl carbamates (subject to hydrolysis) is 4. The average Bonchev–Trinajstić information content (AvgIpc) is 1.65. The lowest BCUT2D eigenvalue weighted by molar-refractivity contribution is -0.139. The van der Waals surface area contributed by atoms with Gasteiger partial charge in [0, 0.05) is 48.4 Å². The van der Waals surface area contributed by atoms with Crippen LogP contribution in [0.3, 0.4) is 0 Å². The van der Waals surface area contributed by atoms with Gasteiger partial charge in [-0.05, 0) is 191 Å². The maximum absolute atomic E-state index is 14.1. The number of amides is 8. The lowest BCUT2D eigenvalue weighted by Crippen LogP contribution is -2.57. The second kappa shape index (κ2) is 35.5. The first-order valence-corrected chi connectivity index (χ1v) is 43.2. The summed E-state index contributed by atoms with van der Waals surface area (Å²) in [5.74, 6) is 2.11. The van der Waals surface area contributed by atoms with Crippen LogP contribution < -0.4 is 26.0 Å². The lowest BCUT2D eigenvalue weighted by Gasteiger charge is -2.38. The van der Waals surface area contributed by atoms with E-state index >= 15 is 0 Å². The predicted octanol–water partition coefficient (Wildman–Crippen LogP) is 15.2. The molecule has 2 saturated carbocycles. The monoisotopic (exact) mass is 1680 g/mol. The van der Waals surface area contributed by atoms with Crippen molar-refractivity contribution in [2.75, 3.05) is 41.5 Å². The standard InChI is InChI=1S/C48H55N7O7.C47H53N9O6/c1-25(2)41(52-47(58)60-5)45(56)54-17-7-8-39(54)44-49-23-38(51-44)29-11-14-34-32(19-29)24-62-40-22-28(10-15-35(34)40)27-12-16-36-31(18-27)21-37(50-36)43-30-9-13-33(20-30)55(43)46(57)42(26(3)4)53-48(59)61-6;1-25(2)39(53-46(59)61-5)44(57)55-24-27(21-48)17-38(55)42-49-23-37(51-42)33-14-13-31-18-30(11-12-32(31)19-33)28-7-9-29(10-8-28)36-22-50-43(52-36)41-34-15-16-35(20-34)56(41)45(58)40(26(3)4)54-47(60)62-6/h10-12,14-16,18-19,22-23,25-26,30,33,39,41-43H,7-9,13,17,20-21,24H2,1-6H3,(H,49,51)(H,52,58)(H,53,59);7-14,18-19,22-23,25-27,34-35,38-41H,15-17,20,24H2,1-6H3,(H,49,51)(H,50,52)(H,53,59)(H,54,60)/t30-,33+,39-,41-,42-,43-;27-,34+,35-,38+,39+,40+,41+/m01/s1. The molecule has 0 radical (unpaired) electrons. The van der Waals surface area contributed by atoms with Crippen molar-refractivity contribution in [3.8, 4) is 79.0 Å². The van der Waals surface area contributed by atoms with Gasteiger partial charge in [0.25, 0.3) is 0 Å². The fraction of sp³-hybridized carbons (Fsp3) is 0.442. The van der Waals surface area contributed by atoms with Crippen molar-refractivity contribution < 1.29 is 62.0 Å². The summed E-state index contributed by atoms with van der Waals surface area (Å²) in [6.45, 7) is 16.5. The maximum Gasteiger partial charge on any atom is 0.407 e. The van der Waals surface area contributed by atoms with Gasteiger partial charge in [0.05, 0.1) is 106 Å². The number of nitrogens with zero attached hydrogens (tertiary/aromatic N) is 9. The number of nitriles is 1. The Balaban J connectivity index is 0.000000183. The molecule has 2 aliphatic carbocycles. The minimum Gasteiger partial charge on any atom is -0.488 e. The van der Waals surface area contributed by atoms with E-state index in [4.69, 9.17) is 38.6 Å². The van der Waals surface area contributed by atoms with E-state index in [-0.39, 0.29) is 90.0 Å². The van der Waals surface area contributed by atoms with Crippen molar-refractivity contribution in [1.82, 2.24) is 70.8 Å². The molecule has 29 nitrogen and oxygen atoms in total. The van der Waals surface area contributed by atoms with E-state index in [1.165, 1.54) is 28.4 Å². The van der Waals surface area contributed by atoms with Crippen molar-refractivity contribution in [1.29, 1.82) is 5.26 Å². The fourth-order valence-corrected chi connectivity index (χ4v) is 19.9. The predicted molar refractivity (Wildman–Crippen MR) is 466 cm³/mol. The molecule has 124 heavy (non-hydrogen) atoms. The quantitative estimate of drug-likeness (QED) is 0.0329. The minimum absolute atomic E-state index is 0.0573. The Labute approximate surface area is 720 Å². The fourth-order valence-electron chi connectivity index (χ4n) is 19.9. The second-order valence-corrected chi connectivity index (χ2v) is 35.4. The Morgan fingerprint density at radius 3 is 1.48 bits per heavy atom. The number of carbonyl (C=O) groups excluding carboxylic acids is 8. The van der Waals surface area contributed by atoms with Crippen molar-refractivity contribution >= 4 is 70.2 Å². The van der Waals surface area contributed by atoms with Crippen LogP contribution in [0.2, 0.25) is 0 Å². The Morgan fingerprint density at radius 1 is 0.460 bits per heavy atom. The van der Waals surface area contributed by atoms with Gasteiger partial charge in [-0.2, -0.15) is 5.26 Å². The summed E-state index contributed by atoms with van der Waals surface area (Å²) in [7, 11) is 5.17. The van der Waals surface area contributed by atoms with Crippen LogP contribution in [0.4, 0.5) is 24.9 Å². The van der Waals surface area contributed by atoms with Crippen molar-refractivity contribution in [3.05, 3.63) is 162 Å². The Morgan fingerprint density at radius 2 is 0.903 bits per heavy atom. The molecule has 6 aromatic carbocycles. The van der Waals surface area contributed by atoms with E-state index in [1.807, 2.05) is 88.5 Å². The van der Waals surface area contributed by atoms with Crippen molar-refractivity contribution in [2.45, 2.75) is 187 Å². The molecule has 646 valence electrons. The smallest absolute Gasteiger partial charge is 0.407 e. The van der Waals surface area contributed by atoms with Crippen LogP contribution in [-0.2, 0) is 51.2 Å². The summed E-state index contributed by atoms with van der Waals surface area (Å²) in [5.41, 5.74) is 16.0. The zero-order valence-corrected chi connectivity index (χ0v) is 72.0. The summed E-state index contributed by atoms with van der Waals surface area (Å²) < 4.78 is 25.6. The molecule has 6 aliphatic heterocycles. The van der Waals surface area contributed by atoms with Gasteiger partial charge in [-0.15, -0.1) is 0 Å². The number of aliphatic imine (C=N–C) groups is 1.